The van der Waals surface area contributed by atoms with E-state index in [9.17, 15) is 9.59 Å². The molecule has 0 aliphatic heterocycles. The number of benzene rings is 2. The van der Waals surface area contributed by atoms with Crippen molar-refractivity contribution in [2.45, 2.75) is 180 Å². The average molecular weight is 781 g/mol. The van der Waals surface area contributed by atoms with Gasteiger partial charge in [0.15, 0.2) is 0 Å². The zero-order valence-electron chi connectivity index (χ0n) is 35.3. The molecule has 0 saturated heterocycles. The van der Waals surface area contributed by atoms with Gasteiger partial charge in [0.05, 0.1) is 18.6 Å². The molecule has 3 rings (SSSR count). The Balaban J connectivity index is 1.19. The minimum absolute atomic E-state index is 0.125. The van der Waals surface area contributed by atoms with E-state index < -0.39 is 5.97 Å². The van der Waals surface area contributed by atoms with Crippen molar-refractivity contribution in [3.63, 3.8) is 0 Å². The van der Waals surface area contributed by atoms with Gasteiger partial charge in [-0.15, -0.1) is 18.9 Å². The fourth-order valence-electron chi connectivity index (χ4n) is 7.26. The van der Waals surface area contributed by atoms with E-state index in [-0.39, 0.29) is 18.0 Å². The van der Waals surface area contributed by atoms with E-state index in [0.717, 1.165) is 63.7 Å². The lowest BCUT2D eigenvalue weighted by atomic mass is 9.87. The van der Waals surface area contributed by atoms with E-state index in [1.807, 2.05) is 24.3 Å². The van der Waals surface area contributed by atoms with E-state index in [4.69, 9.17) is 25.4 Å². The van der Waals surface area contributed by atoms with Crippen LogP contribution < -0.4 is 14.2 Å². The number of hydrogen-bond donors (Lipinski definition) is 0. The third-order valence-corrected chi connectivity index (χ3v) is 10.8. The van der Waals surface area contributed by atoms with Crippen molar-refractivity contribution in [2.75, 3.05) is 13.2 Å². The molecule has 1 aliphatic carbocycles. The molecule has 0 N–H and O–H groups in total. The third kappa shape index (κ3) is 23.7. The van der Waals surface area contributed by atoms with Crippen LogP contribution in [0.4, 0.5) is 0 Å². The quantitative estimate of drug-likeness (QED) is 0.0258. The van der Waals surface area contributed by atoms with Crippen molar-refractivity contribution < 1.29 is 28.5 Å². The first kappa shape index (κ1) is 47.4. The van der Waals surface area contributed by atoms with Crippen molar-refractivity contribution in [3.8, 4) is 41.4 Å². The van der Waals surface area contributed by atoms with Gasteiger partial charge in [-0.2, -0.15) is 0 Å². The number of esters is 2. The molecule has 0 radical (unpaired) electrons. The molecule has 0 aromatic heterocycles. The summed E-state index contributed by atoms with van der Waals surface area (Å²) in [6, 6.07) is 13.9. The minimum Gasteiger partial charge on any atom is -0.494 e. The van der Waals surface area contributed by atoms with Gasteiger partial charge in [0.25, 0.3) is 0 Å². The molecule has 312 valence electrons. The monoisotopic (exact) mass is 781 g/mol. The summed E-state index contributed by atoms with van der Waals surface area (Å²) in [6.45, 7) is 7.61. The number of carbonyl (C=O) groups is 2. The SMILES string of the molecule is C#CCCCCCCCCCCCCOc1ccc(C#CC(=O)Oc2ccc(OC(=O)C3CCC(OCCCCCCCCCCCCC(=C)C)CC3)cc2)cc1. The molecule has 1 aliphatic rings. The lowest BCUT2D eigenvalue weighted by molar-refractivity contribution is -0.141. The highest BCUT2D eigenvalue weighted by molar-refractivity contribution is 5.90. The fraction of sp³-hybridized carbons (Fsp3) is 0.608. The molecule has 2 aromatic rings. The van der Waals surface area contributed by atoms with Crippen LogP contribution in [-0.2, 0) is 14.3 Å². The second kappa shape index (κ2) is 31.0. The molecule has 0 bridgehead atoms. The summed E-state index contributed by atoms with van der Waals surface area (Å²) in [5, 5.41) is 0. The topological polar surface area (TPSA) is 71.1 Å². The van der Waals surface area contributed by atoms with Gasteiger partial charge in [-0.25, -0.2) is 4.79 Å². The summed E-state index contributed by atoms with van der Waals surface area (Å²) in [4.78, 5) is 25.2. The van der Waals surface area contributed by atoms with Gasteiger partial charge in [-0.1, -0.05) is 114 Å². The predicted molar refractivity (Wildman–Crippen MR) is 233 cm³/mol. The third-order valence-electron chi connectivity index (χ3n) is 10.8. The summed E-state index contributed by atoms with van der Waals surface area (Å²) in [5.41, 5.74) is 2.00. The Morgan fingerprint density at radius 1 is 0.614 bits per heavy atom. The van der Waals surface area contributed by atoms with E-state index in [1.165, 1.54) is 121 Å². The molecule has 57 heavy (non-hydrogen) atoms. The lowest BCUT2D eigenvalue weighted by Gasteiger charge is -2.27. The van der Waals surface area contributed by atoms with Crippen LogP contribution in [0, 0.1) is 30.1 Å². The van der Waals surface area contributed by atoms with E-state index in [1.54, 1.807) is 24.3 Å². The first-order chi connectivity index (χ1) is 27.9. The summed E-state index contributed by atoms with van der Waals surface area (Å²) in [5.74, 6) is 8.66. The smallest absolute Gasteiger partial charge is 0.390 e. The zero-order valence-corrected chi connectivity index (χ0v) is 35.3. The van der Waals surface area contributed by atoms with Crippen LogP contribution in [0.15, 0.2) is 60.7 Å². The number of carbonyl (C=O) groups excluding carboxylic acids is 2. The Hall–Kier alpha value is -4.00. The van der Waals surface area contributed by atoms with Crippen molar-refractivity contribution in [3.05, 3.63) is 66.2 Å². The summed E-state index contributed by atoms with van der Waals surface area (Å²) >= 11 is 0. The lowest BCUT2D eigenvalue weighted by Crippen LogP contribution is -2.29. The number of rotatable bonds is 30. The van der Waals surface area contributed by atoms with Crippen LogP contribution >= 0.6 is 0 Å². The molecule has 0 atom stereocenters. The molecular weight excluding hydrogens is 709 g/mol. The molecule has 1 saturated carbocycles. The Morgan fingerprint density at radius 3 is 1.63 bits per heavy atom. The van der Waals surface area contributed by atoms with Crippen LogP contribution in [0.5, 0.6) is 17.2 Å². The molecule has 1 fully saturated rings. The number of allylic oxidation sites excluding steroid dienone is 1. The maximum absolute atomic E-state index is 12.8. The number of terminal acetylenes is 1. The number of unbranched alkanes of at least 4 members (excludes halogenated alkanes) is 19. The molecule has 6 nitrogen and oxygen atoms in total. The standard InChI is InChI=1S/C51H72O6/c1-4-5-6-7-8-9-10-12-15-18-21-24-41-54-46-32-27-44(28-33-46)29-40-50(52)56-48-36-38-49(39-37-48)57-51(53)45-30-34-47(35-31-45)55-42-25-22-19-16-13-11-14-17-20-23-26-43(2)3/h1,27-28,32-33,36-39,45,47H,2,5-26,30-31,34-35,41-42H2,3H3. The van der Waals surface area contributed by atoms with Gasteiger partial charge >= 0.3 is 11.9 Å². The highest BCUT2D eigenvalue weighted by Gasteiger charge is 2.28. The maximum Gasteiger partial charge on any atom is 0.390 e. The molecule has 0 spiro atoms. The first-order valence-corrected chi connectivity index (χ1v) is 22.4. The molecular formula is C51H72O6. The van der Waals surface area contributed by atoms with Gasteiger partial charge in [0.1, 0.15) is 17.2 Å². The molecule has 0 amide bonds. The largest absolute Gasteiger partial charge is 0.494 e. The van der Waals surface area contributed by atoms with Gasteiger partial charge in [0, 0.05) is 24.5 Å². The van der Waals surface area contributed by atoms with Crippen molar-refractivity contribution in [1.82, 2.24) is 0 Å². The number of hydrogen-bond acceptors (Lipinski definition) is 6. The molecule has 2 aromatic carbocycles. The normalized spacial score (nSPS) is 14.9. The molecule has 0 heterocycles. The zero-order chi connectivity index (χ0) is 40.6. The van der Waals surface area contributed by atoms with Crippen LogP contribution in [0.2, 0.25) is 0 Å². The molecule has 6 heteroatoms. The van der Waals surface area contributed by atoms with E-state index in [0.29, 0.717) is 23.7 Å². The van der Waals surface area contributed by atoms with Gasteiger partial charge in [-0.3, -0.25) is 4.79 Å². The van der Waals surface area contributed by atoms with Crippen molar-refractivity contribution in [2.24, 2.45) is 5.92 Å². The summed E-state index contributed by atoms with van der Waals surface area (Å²) in [6.07, 6.45) is 36.4. The average Bonchev–Trinajstić information content (AvgIpc) is 3.22. The minimum atomic E-state index is -0.661. The van der Waals surface area contributed by atoms with E-state index in [2.05, 4.69) is 31.3 Å². The number of ether oxygens (including phenoxy) is 4. The van der Waals surface area contributed by atoms with Gasteiger partial charge in [0.2, 0.25) is 0 Å². The van der Waals surface area contributed by atoms with Crippen molar-refractivity contribution in [1.29, 1.82) is 0 Å². The second-order valence-electron chi connectivity index (χ2n) is 16.0. The Kier molecular flexibility index (Phi) is 25.8. The highest BCUT2D eigenvalue weighted by atomic mass is 16.5. The van der Waals surface area contributed by atoms with Crippen molar-refractivity contribution >= 4 is 11.9 Å². The summed E-state index contributed by atoms with van der Waals surface area (Å²) in [7, 11) is 0. The van der Waals surface area contributed by atoms with Gasteiger partial charge in [-0.05, 0) is 113 Å². The Morgan fingerprint density at radius 2 is 1.09 bits per heavy atom. The summed E-state index contributed by atoms with van der Waals surface area (Å²) < 4.78 is 23.0. The van der Waals surface area contributed by atoms with Crippen LogP contribution in [0.25, 0.3) is 0 Å². The first-order valence-electron chi connectivity index (χ1n) is 22.4. The Labute approximate surface area is 346 Å². The maximum atomic E-state index is 12.8. The van der Waals surface area contributed by atoms with Crippen LogP contribution in [0.1, 0.15) is 179 Å². The second-order valence-corrected chi connectivity index (χ2v) is 16.0. The van der Waals surface area contributed by atoms with E-state index >= 15 is 0 Å². The molecule has 0 unspecified atom stereocenters. The van der Waals surface area contributed by atoms with Gasteiger partial charge < -0.3 is 18.9 Å². The highest BCUT2D eigenvalue weighted by Crippen LogP contribution is 2.29. The van der Waals surface area contributed by atoms with Crippen LogP contribution in [-0.4, -0.2) is 31.3 Å². The fourth-order valence-corrected chi connectivity index (χ4v) is 7.26. The Bertz CT molecular complexity index is 1480. The van der Waals surface area contributed by atoms with Crippen LogP contribution in [0.3, 0.4) is 0 Å². The predicted octanol–water partition coefficient (Wildman–Crippen LogP) is 13.3.